The molecule has 3 N–H and O–H groups in total. The van der Waals surface area contributed by atoms with Crippen molar-refractivity contribution in [2.75, 3.05) is 130 Å². The number of para-hydroxylation sites is 1. The van der Waals surface area contributed by atoms with E-state index in [9.17, 15) is 19.2 Å². The van der Waals surface area contributed by atoms with Crippen molar-refractivity contribution in [2.24, 2.45) is 0 Å². The van der Waals surface area contributed by atoms with Crippen LogP contribution in [0.4, 0.5) is 5.69 Å². The Bertz CT molecular complexity index is 2110. The van der Waals surface area contributed by atoms with Crippen molar-refractivity contribution in [3.8, 4) is 22.5 Å². The van der Waals surface area contributed by atoms with Gasteiger partial charge in [0, 0.05) is 69.3 Å². The summed E-state index contributed by atoms with van der Waals surface area (Å²) in [5.41, 5.74) is 5.93. The highest BCUT2D eigenvalue weighted by Crippen LogP contribution is 2.41. The number of nitrogens with zero attached hydrogens (tertiary/aromatic N) is 5. The molecule has 69 heavy (non-hydrogen) atoms. The normalized spacial score (nSPS) is 11.8. The van der Waals surface area contributed by atoms with Gasteiger partial charge in [-0.25, -0.2) is 4.68 Å². The molecule has 376 valence electrons. The third-order valence-corrected chi connectivity index (χ3v) is 10.5. The van der Waals surface area contributed by atoms with E-state index in [4.69, 9.17) is 37.9 Å². The summed E-state index contributed by atoms with van der Waals surface area (Å²) in [6.07, 6.45) is 4.80. The van der Waals surface area contributed by atoms with Crippen molar-refractivity contribution in [2.45, 2.75) is 45.7 Å². The van der Waals surface area contributed by atoms with Gasteiger partial charge in [0.1, 0.15) is 5.69 Å². The fourth-order valence-corrected chi connectivity index (χ4v) is 7.02. The number of rotatable bonds is 36. The maximum Gasteiger partial charge on any atom is 0.229 e. The number of carbonyl (C=O) groups excluding carboxylic acids is 4. The number of pyridine rings is 1. The average molecular weight is 961 g/mol. The molecule has 1 aliphatic heterocycles. The van der Waals surface area contributed by atoms with E-state index in [1.165, 1.54) is 6.92 Å². The van der Waals surface area contributed by atoms with Crippen molar-refractivity contribution < 1.29 is 57.1 Å². The Labute approximate surface area is 404 Å². The molecule has 20 nitrogen and oxygen atoms in total. The number of hydrogen-bond donors (Lipinski definition) is 3. The molecule has 0 spiro atoms. The summed E-state index contributed by atoms with van der Waals surface area (Å²) in [7, 11) is 0. The van der Waals surface area contributed by atoms with E-state index in [0.29, 0.717) is 150 Å². The summed E-state index contributed by atoms with van der Waals surface area (Å²) >= 11 is 0. The third-order valence-electron chi connectivity index (χ3n) is 10.5. The van der Waals surface area contributed by atoms with E-state index in [2.05, 4.69) is 31.2 Å². The SMILES string of the molecule is CC(=O)NCCOCCOCCOCCOCCC(=O)NCCC(=O)N1Cc2ccccc2-c2c(nnn2CCOCCOCCOCCOCCNC(=O)CCc2ccncc2)-c2ccccc21. The number of hydrogen-bond acceptors (Lipinski definition) is 15. The van der Waals surface area contributed by atoms with E-state index in [1.54, 1.807) is 17.3 Å². The first kappa shape index (κ1) is 54.2. The Hall–Kier alpha value is -5.71. The molecule has 20 heteroatoms. The Morgan fingerprint density at radius 2 is 1.07 bits per heavy atom. The average Bonchev–Trinajstić information content (AvgIpc) is 3.77. The van der Waals surface area contributed by atoms with E-state index < -0.39 is 0 Å². The molecule has 2 aromatic carbocycles. The molecule has 2 aromatic heterocycles. The van der Waals surface area contributed by atoms with Crippen molar-refractivity contribution in [1.29, 1.82) is 0 Å². The summed E-state index contributed by atoms with van der Waals surface area (Å²) < 4.78 is 46.4. The van der Waals surface area contributed by atoms with E-state index in [0.717, 1.165) is 27.9 Å². The minimum absolute atomic E-state index is 0.00955. The first-order valence-corrected chi connectivity index (χ1v) is 23.6. The Morgan fingerprint density at radius 3 is 1.71 bits per heavy atom. The zero-order valence-electron chi connectivity index (χ0n) is 39.7. The summed E-state index contributed by atoms with van der Waals surface area (Å²) in [6, 6.07) is 19.4. The number of fused-ring (bicyclic) bond motifs is 5. The summed E-state index contributed by atoms with van der Waals surface area (Å²) in [5, 5.41) is 17.5. The van der Waals surface area contributed by atoms with Gasteiger partial charge in [-0.05, 0) is 35.7 Å². The minimum Gasteiger partial charge on any atom is -0.379 e. The van der Waals surface area contributed by atoms with Crippen molar-refractivity contribution in [3.05, 3.63) is 84.2 Å². The van der Waals surface area contributed by atoms with Crippen LogP contribution < -0.4 is 20.9 Å². The van der Waals surface area contributed by atoms with Gasteiger partial charge in [-0.15, -0.1) is 5.10 Å². The van der Waals surface area contributed by atoms with Gasteiger partial charge in [0.25, 0.3) is 0 Å². The van der Waals surface area contributed by atoms with E-state index >= 15 is 0 Å². The molecule has 4 aromatic rings. The zero-order valence-corrected chi connectivity index (χ0v) is 39.7. The van der Waals surface area contributed by atoms with Crippen molar-refractivity contribution in [1.82, 2.24) is 35.9 Å². The number of amides is 4. The quantitative estimate of drug-likeness (QED) is 0.0558. The highest BCUT2D eigenvalue weighted by Gasteiger charge is 2.29. The lowest BCUT2D eigenvalue weighted by molar-refractivity contribution is -0.123. The molecule has 0 bridgehead atoms. The molecule has 3 heterocycles. The molecule has 0 radical (unpaired) electrons. The van der Waals surface area contributed by atoms with Crippen LogP contribution in [0, 0.1) is 0 Å². The Morgan fingerprint density at radius 1 is 0.551 bits per heavy atom. The molecule has 1 aliphatic rings. The van der Waals surface area contributed by atoms with Gasteiger partial charge in [-0.3, -0.25) is 24.2 Å². The lowest BCUT2D eigenvalue weighted by Gasteiger charge is -2.28. The van der Waals surface area contributed by atoms with Crippen LogP contribution in [0.2, 0.25) is 0 Å². The molecule has 0 saturated heterocycles. The molecule has 0 saturated carbocycles. The molecular formula is C49H68N8O12. The lowest BCUT2D eigenvalue weighted by atomic mass is 9.95. The fourth-order valence-electron chi connectivity index (χ4n) is 7.02. The molecular weight excluding hydrogens is 893 g/mol. The zero-order chi connectivity index (χ0) is 48.6. The highest BCUT2D eigenvalue weighted by molar-refractivity contribution is 6.00. The molecule has 4 amide bonds. The minimum atomic E-state index is -0.207. The first-order valence-electron chi connectivity index (χ1n) is 23.6. The van der Waals surface area contributed by atoms with Crippen LogP contribution in [-0.4, -0.2) is 169 Å². The van der Waals surface area contributed by atoms with Gasteiger partial charge in [0.2, 0.25) is 23.6 Å². The maximum absolute atomic E-state index is 13.9. The van der Waals surface area contributed by atoms with Gasteiger partial charge in [0.15, 0.2) is 0 Å². The van der Waals surface area contributed by atoms with Crippen molar-refractivity contribution >= 4 is 29.3 Å². The van der Waals surface area contributed by atoms with Crippen LogP contribution in [-0.2, 0) is 76.6 Å². The van der Waals surface area contributed by atoms with Gasteiger partial charge < -0.3 is 58.7 Å². The second kappa shape index (κ2) is 32.9. The van der Waals surface area contributed by atoms with E-state index in [-0.39, 0.29) is 49.6 Å². The van der Waals surface area contributed by atoms with Gasteiger partial charge in [-0.1, -0.05) is 47.7 Å². The molecule has 0 aliphatic carbocycles. The van der Waals surface area contributed by atoms with Crippen molar-refractivity contribution in [3.63, 3.8) is 0 Å². The van der Waals surface area contributed by atoms with Crippen LogP contribution in [0.15, 0.2) is 73.1 Å². The number of carbonyl (C=O) groups is 4. The van der Waals surface area contributed by atoms with Crippen LogP contribution in [0.3, 0.4) is 0 Å². The fraction of sp³-hybridized carbons (Fsp3) is 0.531. The van der Waals surface area contributed by atoms with Gasteiger partial charge >= 0.3 is 0 Å². The predicted octanol–water partition coefficient (Wildman–Crippen LogP) is 2.77. The number of ether oxygens (including phenoxy) is 8. The van der Waals surface area contributed by atoms with Gasteiger partial charge in [-0.2, -0.15) is 0 Å². The number of anilines is 1. The number of nitrogens with one attached hydrogen (secondary N) is 3. The first-order chi connectivity index (χ1) is 33.9. The van der Waals surface area contributed by atoms with Crippen LogP contribution >= 0.6 is 0 Å². The smallest absolute Gasteiger partial charge is 0.229 e. The van der Waals surface area contributed by atoms with Crippen LogP contribution in [0.5, 0.6) is 0 Å². The van der Waals surface area contributed by atoms with Gasteiger partial charge in [0.05, 0.1) is 130 Å². The number of aryl methyl sites for hydroxylation is 1. The number of benzene rings is 2. The Kier molecular flexibility index (Phi) is 25.9. The molecule has 0 fully saturated rings. The monoisotopic (exact) mass is 960 g/mol. The largest absolute Gasteiger partial charge is 0.379 e. The summed E-state index contributed by atoms with van der Waals surface area (Å²) in [4.78, 5) is 55.0. The summed E-state index contributed by atoms with van der Waals surface area (Å²) in [5.74, 6) is -0.444. The molecule has 0 unspecified atom stereocenters. The predicted molar refractivity (Wildman–Crippen MR) is 255 cm³/mol. The van der Waals surface area contributed by atoms with Crippen LogP contribution in [0.1, 0.15) is 37.3 Å². The van der Waals surface area contributed by atoms with E-state index in [1.807, 2.05) is 65.3 Å². The maximum atomic E-state index is 13.9. The Balaban J connectivity index is 0.933. The third kappa shape index (κ3) is 20.8. The van der Waals surface area contributed by atoms with Crippen LogP contribution in [0.25, 0.3) is 22.5 Å². The standard InChI is InChI=1S/C49H68N8O12/c1-39(58)51-19-23-63-27-31-67-35-34-66-30-26-62-22-15-46(60)52-18-14-47(61)56-38-41-6-2-3-7-42(41)49-48(43-8-4-5-9-44(43)56)54-55-57(49)21-25-65-29-33-69-37-36-68-32-28-64-24-20-53-45(59)11-10-40-12-16-50-17-13-40/h2-9,12-13,16-17H,10-11,14-15,18-38H2,1H3,(H,51,58)(H,52,60)(H,53,59). The number of aromatic nitrogens is 4. The second-order valence-corrected chi connectivity index (χ2v) is 15.6. The highest BCUT2D eigenvalue weighted by atomic mass is 16.6. The molecule has 0 atom stereocenters. The lowest BCUT2D eigenvalue weighted by Crippen LogP contribution is -2.35. The topological polar surface area (TPSA) is 225 Å². The molecule has 5 rings (SSSR count). The summed E-state index contributed by atoms with van der Waals surface area (Å²) in [6.45, 7) is 9.71. The second-order valence-electron chi connectivity index (χ2n) is 15.6.